The summed E-state index contributed by atoms with van der Waals surface area (Å²) in [6.07, 6.45) is 1.86. The van der Waals surface area contributed by atoms with E-state index in [1.165, 1.54) is 0 Å². The quantitative estimate of drug-likeness (QED) is 0.652. The lowest BCUT2D eigenvalue weighted by Crippen LogP contribution is -2.52. The second kappa shape index (κ2) is 8.23. The van der Waals surface area contributed by atoms with Crippen molar-refractivity contribution < 1.29 is 13.2 Å². The number of hydrogen-bond donors (Lipinski definition) is 1. The highest BCUT2D eigenvalue weighted by Gasteiger charge is 2.32. The van der Waals surface area contributed by atoms with Gasteiger partial charge in [-0.25, -0.2) is 13.1 Å². The van der Waals surface area contributed by atoms with E-state index >= 15 is 0 Å². The van der Waals surface area contributed by atoms with E-state index in [0.29, 0.717) is 18.8 Å². The van der Waals surface area contributed by atoms with E-state index in [0.717, 1.165) is 11.1 Å². The monoisotopic (exact) mass is 409 g/mol. The smallest absolute Gasteiger partial charge is 0.271 e. The van der Waals surface area contributed by atoms with Gasteiger partial charge in [-0.2, -0.15) is 0 Å². The fraction of sp³-hybridized carbons (Fsp3) is 0.227. The van der Waals surface area contributed by atoms with E-state index < -0.39 is 10.0 Å². The van der Waals surface area contributed by atoms with Gasteiger partial charge in [0.25, 0.3) is 5.91 Å². The van der Waals surface area contributed by atoms with Crippen molar-refractivity contribution >= 4 is 15.9 Å². The summed E-state index contributed by atoms with van der Waals surface area (Å²) >= 11 is 0. The number of nitrogens with one attached hydrogen (secondary N) is 1. The number of aromatic nitrogens is 1. The number of rotatable bonds is 7. The third kappa shape index (κ3) is 4.58. The van der Waals surface area contributed by atoms with Gasteiger partial charge in [-0.1, -0.05) is 60.7 Å². The maximum absolute atomic E-state index is 13.0. The Labute approximate surface area is 170 Å². The molecule has 1 amide bonds. The minimum absolute atomic E-state index is 0.0814. The van der Waals surface area contributed by atoms with E-state index in [1.54, 1.807) is 23.1 Å². The summed E-state index contributed by atoms with van der Waals surface area (Å²) in [7, 11) is -3.51. The summed E-state index contributed by atoms with van der Waals surface area (Å²) in [4.78, 5) is 14.8. The van der Waals surface area contributed by atoms with Crippen LogP contribution < -0.4 is 4.72 Å². The van der Waals surface area contributed by atoms with Crippen molar-refractivity contribution in [3.05, 3.63) is 95.8 Å². The molecule has 3 aromatic rings. The fourth-order valence-electron chi connectivity index (χ4n) is 3.63. The van der Waals surface area contributed by atoms with Crippen molar-refractivity contribution in [2.45, 2.75) is 24.9 Å². The van der Waals surface area contributed by atoms with Crippen LogP contribution in [-0.2, 0) is 28.9 Å². The molecule has 1 aliphatic heterocycles. The zero-order valence-electron chi connectivity index (χ0n) is 15.9. The van der Waals surface area contributed by atoms with E-state index in [1.807, 2.05) is 65.4 Å². The van der Waals surface area contributed by atoms with E-state index in [-0.39, 0.29) is 24.2 Å². The molecule has 0 radical (unpaired) electrons. The van der Waals surface area contributed by atoms with Crippen molar-refractivity contribution in [2.75, 3.05) is 6.54 Å². The molecule has 0 saturated carbocycles. The normalized spacial score (nSPS) is 16.6. The van der Waals surface area contributed by atoms with Gasteiger partial charge in [0.15, 0.2) is 0 Å². The molecular weight excluding hydrogens is 386 g/mol. The molecule has 0 fully saturated rings. The van der Waals surface area contributed by atoms with Crippen molar-refractivity contribution in [3.8, 4) is 0 Å². The first-order valence-electron chi connectivity index (χ1n) is 9.53. The minimum atomic E-state index is -3.51. The lowest BCUT2D eigenvalue weighted by Gasteiger charge is -2.37. The van der Waals surface area contributed by atoms with Gasteiger partial charge in [-0.15, -0.1) is 0 Å². The molecule has 2 heterocycles. The maximum Gasteiger partial charge on any atom is 0.271 e. The highest BCUT2D eigenvalue weighted by Crippen LogP contribution is 2.21. The molecule has 0 aliphatic carbocycles. The number of nitrogens with zero attached hydrogens (tertiary/aromatic N) is 2. The zero-order valence-corrected chi connectivity index (χ0v) is 16.8. The maximum atomic E-state index is 13.0. The highest BCUT2D eigenvalue weighted by molar-refractivity contribution is 7.88. The Kier molecular flexibility index (Phi) is 5.51. The standard InChI is InChI=1S/C22H23N3O3S/c26-22-21-12-7-13-24(21)16-20(25(22)15-18-8-3-1-4-9-18)14-23-29(27,28)17-19-10-5-2-6-11-19/h1-13,20,23H,14-17H2. The number of fused-ring (bicyclic) bond motifs is 1. The molecule has 29 heavy (non-hydrogen) atoms. The number of carbonyl (C=O) groups excluding carboxylic acids is 1. The Hall–Kier alpha value is -2.90. The van der Waals surface area contributed by atoms with Crippen LogP contribution in [-0.4, -0.2) is 36.4 Å². The predicted molar refractivity (Wildman–Crippen MR) is 112 cm³/mol. The molecule has 1 atom stereocenters. The molecule has 1 N–H and O–H groups in total. The fourth-order valence-corrected chi connectivity index (χ4v) is 4.81. The van der Waals surface area contributed by atoms with Crippen LogP contribution in [0.4, 0.5) is 0 Å². The summed E-state index contributed by atoms with van der Waals surface area (Å²) in [6, 6.07) is 22.2. The molecule has 4 rings (SSSR count). The Balaban J connectivity index is 1.51. The van der Waals surface area contributed by atoms with Crippen LogP contribution >= 0.6 is 0 Å². The molecule has 150 valence electrons. The molecular formula is C22H23N3O3S. The number of amides is 1. The molecule has 2 aromatic carbocycles. The largest absolute Gasteiger partial charge is 0.341 e. The van der Waals surface area contributed by atoms with Gasteiger partial charge < -0.3 is 9.47 Å². The predicted octanol–water partition coefficient (Wildman–Crippen LogP) is 2.63. The summed E-state index contributed by atoms with van der Waals surface area (Å²) < 4.78 is 29.7. The SMILES string of the molecule is O=C1c2cccn2CC(CNS(=O)(=O)Cc2ccccc2)N1Cc1ccccc1. The molecule has 0 spiro atoms. The first kappa shape index (κ1) is 19.4. The number of carbonyl (C=O) groups is 1. The van der Waals surface area contributed by atoms with Crippen LogP contribution in [0, 0.1) is 0 Å². The van der Waals surface area contributed by atoms with Gasteiger partial charge in [0, 0.05) is 25.8 Å². The lowest BCUT2D eigenvalue weighted by atomic mass is 10.1. The third-order valence-electron chi connectivity index (χ3n) is 5.09. The van der Waals surface area contributed by atoms with Crippen LogP contribution in [0.3, 0.4) is 0 Å². The lowest BCUT2D eigenvalue weighted by molar-refractivity contribution is 0.0578. The van der Waals surface area contributed by atoms with Gasteiger partial charge in [-0.3, -0.25) is 4.79 Å². The van der Waals surface area contributed by atoms with Crippen LogP contribution in [0.2, 0.25) is 0 Å². The van der Waals surface area contributed by atoms with Gasteiger partial charge in [0.2, 0.25) is 10.0 Å². The highest BCUT2D eigenvalue weighted by atomic mass is 32.2. The molecule has 1 aromatic heterocycles. The molecule has 0 bridgehead atoms. The van der Waals surface area contributed by atoms with Crippen LogP contribution in [0.25, 0.3) is 0 Å². The van der Waals surface area contributed by atoms with Crippen molar-refractivity contribution in [1.29, 1.82) is 0 Å². The second-order valence-corrected chi connectivity index (χ2v) is 9.02. The van der Waals surface area contributed by atoms with Crippen molar-refractivity contribution in [1.82, 2.24) is 14.2 Å². The van der Waals surface area contributed by atoms with Crippen molar-refractivity contribution in [2.24, 2.45) is 0 Å². The van der Waals surface area contributed by atoms with Gasteiger partial charge in [-0.05, 0) is 23.3 Å². The minimum Gasteiger partial charge on any atom is -0.341 e. The van der Waals surface area contributed by atoms with Gasteiger partial charge in [0.1, 0.15) is 5.69 Å². The van der Waals surface area contributed by atoms with Crippen LogP contribution in [0.5, 0.6) is 0 Å². The Morgan fingerprint density at radius 1 is 0.897 bits per heavy atom. The van der Waals surface area contributed by atoms with Crippen LogP contribution in [0.15, 0.2) is 79.0 Å². The number of hydrogen-bond acceptors (Lipinski definition) is 3. The molecule has 1 aliphatic rings. The average Bonchev–Trinajstić information content (AvgIpc) is 3.19. The first-order chi connectivity index (χ1) is 14.0. The van der Waals surface area contributed by atoms with E-state index in [2.05, 4.69) is 4.72 Å². The van der Waals surface area contributed by atoms with E-state index in [9.17, 15) is 13.2 Å². The Morgan fingerprint density at radius 3 is 2.24 bits per heavy atom. The zero-order chi connectivity index (χ0) is 20.3. The topological polar surface area (TPSA) is 71.4 Å². The first-order valence-corrected chi connectivity index (χ1v) is 11.2. The molecule has 7 heteroatoms. The van der Waals surface area contributed by atoms with Crippen molar-refractivity contribution in [3.63, 3.8) is 0 Å². The second-order valence-electron chi connectivity index (χ2n) is 7.21. The van der Waals surface area contributed by atoms with Gasteiger partial charge in [0.05, 0.1) is 11.8 Å². The summed E-state index contributed by atoms with van der Waals surface area (Å²) in [5, 5.41) is 0. The molecule has 1 unspecified atom stereocenters. The summed E-state index contributed by atoms with van der Waals surface area (Å²) in [5.41, 5.74) is 2.37. The number of sulfonamides is 1. The van der Waals surface area contributed by atoms with Gasteiger partial charge >= 0.3 is 0 Å². The molecule has 6 nitrogen and oxygen atoms in total. The Morgan fingerprint density at radius 2 is 1.55 bits per heavy atom. The number of benzene rings is 2. The summed E-state index contributed by atoms with van der Waals surface area (Å²) in [5.74, 6) is -0.167. The summed E-state index contributed by atoms with van der Waals surface area (Å²) in [6.45, 7) is 1.16. The molecule has 0 saturated heterocycles. The average molecular weight is 410 g/mol. The third-order valence-corrected chi connectivity index (χ3v) is 6.41. The Bertz CT molecular complexity index is 1080. The van der Waals surface area contributed by atoms with E-state index in [4.69, 9.17) is 0 Å². The van der Waals surface area contributed by atoms with Crippen LogP contribution in [0.1, 0.15) is 21.6 Å².